The summed E-state index contributed by atoms with van der Waals surface area (Å²) in [6.07, 6.45) is 3.18. The quantitative estimate of drug-likeness (QED) is 0.715. The van der Waals surface area contributed by atoms with Crippen LogP contribution in [-0.4, -0.2) is 33.6 Å². The Hall–Kier alpha value is -2.87. The van der Waals surface area contributed by atoms with E-state index in [4.69, 9.17) is 5.73 Å². The summed E-state index contributed by atoms with van der Waals surface area (Å²) in [5, 5.41) is 0.966. The van der Waals surface area contributed by atoms with Crippen molar-refractivity contribution in [3.8, 4) is 0 Å². The van der Waals surface area contributed by atoms with Crippen molar-refractivity contribution in [3.05, 3.63) is 59.6 Å². The minimum atomic E-state index is -4.36. The van der Waals surface area contributed by atoms with Gasteiger partial charge >= 0.3 is 6.18 Å². The Morgan fingerprint density at radius 2 is 2.11 bits per heavy atom. The van der Waals surface area contributed by atoms with Crippen molar-refractivity contribution >= 4 is 22.9 Å². The third kappa shape index (κ3) is 3.47. The standard InChI is InChI=1S/C20H20F3N5/c1-13-10-25-17-16(13)18(27-12-26-17)28-8-7-19(24,11-28)6-5-14-3-2-4-15(9-14)20(21,22)23/h2-6,9-10,12H,7-8,11,24H2,1H3,(H,25,26,27)/b6-5+. The maximum absolute atomic E-state index is 12.9. The van der Waals surface area contributed by atoms with Gasteiger partial charge in [-0.05, 0) is 36.6 Å². The molecule has 0 radical (unpaired) electrons. The van der Waals surface area contributed by atoms with Crippen molar-refractivity contribution in [2.24, 2.45) is 5.73 Å². The number of nitrogens with two attached hydrogens (primary N) is 1. The summed E-state index contributed by atoms with van der Waals surface area (Å²) in [7, 11) is 0. The lowest BCUT2D eigenvalue weighted by Crippen LogP contribution is -2.40. The van der Waals surface area contributed by atoms with E-state index in [0.29, 0.717) is 25.1 Å². The first kappa shape index (κ1) is 18.5. The molecule has 0 bridgehead atoms. The van der Waals surface area contributed by atoms with Gasteiger partial charge in [-0.3, -0.25) is 0 Å². The molecule has 4 rings (SSSR count). The van der Waals surface area contributed by atoms with Crippen LogP contribution < -0.4 is 10.6 Å². The Kier molecular flexibility index (Phi) is 4.38. The van der Waals surface area contributed by atoms with E-state index in [1.807, 2.05) is 13.1 Å². The second kappa shape index (κ2) is 6.63. The maximum atomic E-state index is 12.9. The highest BCUT2D eigenvalue weighted by Gasteiger charge is 2.34. The van der Waals surface area contributed by atoms with E-state index in [2.05, 4.69) is 19.9 Å². The van der Waals surface area contributed by atoms with Crippen molar-refractivity contribution in [3.63, 3.8) is 0 Å². The minimum Gasteiger partial charge on any atom is -0.354 e. The van der Waals surface area contributed by atoms with Gasteiger partial charge in [-0.15, -0.1) is 0 Å². The largest absolute Gasteiger partial charge is 0.416 e. The van der Waals surface area contributed by atoms with Gasteiger partial charge < -0.3 is 15.6 Å². The van der Waals surface area contributed by atoms with Crippen LogP contribution in [0.3, 0.4) is 0 Å². The highest BCUT2D eigenvalue weighted by atomic mass is 19.4. The Balaban J connectivity index is 1.56. The molecule has 1 unspecified atom stereocenters. The number of rotatable bonds is 3. The van der Waals surface area contributed by atoms with E-state index in [9.17, 15) is 13.2 Å². The van der Waals surface area contributed by atoms with Crippen molar-refractivity contribution in [2.75, 3.05) is 18.0 Å². The fourth-order valence-electron chi connectivity index (χ4n) is 3.59. The van der Waals surface area contributed by atoms with Crippen molar-refractivity contribution in [1.29, 1.82) is 0 Å². The lowest BCUT2D eigenvalue weighted by Gasteiger charge is -2.22. The van der Waals surface area contributed by atoms with Gasteiger partial charge in [0.05, 0.1) is 16.5 Å². The number of nitrogens with zero attached hydrogens (tertiary/aromatic N) is 3. The summed E-state index contributed by atoms with van der Waals surface area (Å²) in [6.45, 7) is 3.23. The van der Waals surface area contributed by atoms with Gasteiger partial charge in [0.1, 0.15) is 17.8 Å². The van der Waals surface area contributed by atoms with Gasteiger partial charge in [0, 0.05) is 19.3 Å². The van der Waals surface area contributed by atoms with Gasteiger partial charge in [0.15, 0.2) is 0 Å². The number of fused-ring (bicyclic) bond motifs is 1. The number of nitrogens with one attached hydrogen (secondary N) is 1. The molecular formula is C20H20F3N5. The second-order valence-corrected chi connectivity index (χ2v) is 7.25. The van der Waals surface area contributed by atoms with Crippen LogP contribution in [0.4, 0.5) is 19.0 Å². The fraction of sp³-hybridized carbons (Fsp3) is 0.300. The van der Waals surface area contributed by atoms with Crippen LogP contribution >= 0.6 is 0 Å². The number of hydrogen-bond acceptors (Lipinski definition) is 4. The first-order chi connectivity index (χ1) is 13.3. The molecule has 1 atom stereocenters. The van der Waals surface area contributed by atoms with E-state index >= 15 is 0 Å². The number of halogens is 3. The van der Waals surface area contributed by atoms with Crippen molar-refractivity contribution in [1.82, 2.24) is 15.0 Å². The lowest BCUT2D eigenvalue weighted by atomic mass is 9.98. The molecule has 1 aromatic carbocycles. The van der Waals surface area contributed by atoms with Crippen LogP contribution in [0.25, 0.3) is 17.1 Å². The molecule has 28 heavy (non-hydrogen) atoms. The summed E-state index contributed by atoms with van der Waals surface area (Å²) >= 11 is 0. The average molecular weight is 387 g/mol. The molecule has 3 heterocycles. The summed E-state index contributed by atoms with van der Waals surface area (Å²) in [5.41, 5.74) is 7.51. The highest BCUT2D eigenvalue weighted by Crippen LogP contribution is 2.32. The predicted octanol–water partition coefficient (Wildman–Crippen LogP) is 3.91. The third-order valence-corrected chi connectivity index (χ3v) is 5.10. The third-order valence-electron chi connectivity index (χ3n) is 5.10. The van der Waals surface area contributed by atoms with Gasteiger partial charge in [0.25, 0.3) is 0 Å². The highest BCUT2D eigenvalue weighted by molar-refractivity contribution is 5.90. The first-order valence-electron chi connectivity index (χ1n) is 8.94. The number of hydrogen-bond donors (Lipinski definition) is 2. The molecule has 1 aliphatic rings. The van der Waals surface area contributed by atoms with Gasteiger partial charge in [0.2, 0.25) is 0 Å². The molecule has 0 aliphatic carbocycles. The number of aromatic nitrogens is 3. The number of aromatic amines is 1. The van der Waals surface area contributed by atoms with E-state index in [-0.39, 0.29) is 0 Å². The topological polar surface area (TPSA) is 70.8 Å². The zero-order chi connectivity index (χ0) is 19.9. The number of alkyl halides is 3. The molecule has 146 valence electrons. The Morgan fingerprint density at radius 1 is 1.29 bits per heavy atom. The summed E-state index contributed by atoms with van der Waals surface area (Å²) in [4.78, 5) is 13.9. The van der Waals surface area contributed by atoms with E-state index in [1.54, 1.807) is 18.2 Å². The zero-order valence-corrected chi connectivity index (χ0v) is 15.3. The molecule has 2 aromatic heterocycles. The minimum absolute atomic E-state index is 0.476. The van der Waals surface area contributed by atoms with Crippen molar-refractivity contribution in [2.45, 2.75) is 25.1 Å². The van der Waals surface area contributed by atoms with Crippen LogP contribution in [-0.2, 0) is 6.18 Å². The molecule has 8 heteroatoms. The number of anilines is 1. The smallest absolute Gasteiger partial charge is 0.354 e. The summed E-state index contributed by atoms with van der Waals surface area (Å²) in [6, 6.07) is 5.23. The summed E-state index contributed by atoms with van der Waals surface area (Å²) < 4.78 is 38.7. The van der Waals surface area contributed by atoms with E-state index in [1.165, 1.54) is 12.4 Å². The molecule has 5 nitrogen and oxygen atoms in total. The monoisotopic (exact) mass is 387 g/mol. The fourth-order valence-corrected chi connectivity index (χ4v) is 3.59. The molecule has 0 spiro atoms. The molecule has 3 N–H and O–H groups in total. The van der Waals surface area contributed by atoms with Gasteiger partial charge in [-0.25, -0.2) is 9.97 Å². The molecule has 3 aromatic rings. The number of H-pyrrole nitrogens is 1. The first-order valence-corrected chi connectivity index (χ1v) is 8.94. The molecular weight excluding hydrogens is 367 g/mol. The lowest BCUT2D eigenvalue weighted by molar-refractivity contribution is -0.137. The normalized spacial score (nSPS) is 20.5. The Bertz CT molecular complexity index is 1040. The molecule has 0 amide bonds. The molecule has 1 saturated heterocycles. The van der Waals surface area contributed by atoms with Crippen LogP contribution in [0.1, 0.15) is 23.1 Å². The number of aryl methyl sites for hydroxylation is 1. The van der Waals surface area contributed by atoms with E-state index < -0.39 is 17.3 Å². The average Bonchev–Trinajstić information content (AvgIpc) is 3.24. The second-order valence-electron chi connectivity index (χ2n) is 7.25. The number of benzene rings is 1. The van der Waals surface area contributed by atoms with Gasteiger partial charge in [-0.2, -0.15) is 13.2 Å². The van der Waals surface area contributed by atoms with Crippen LogP contribution in [0, 0.1) is 6.92 Å². The Labute approximate surface area is 160 Å². The molecule has 1 fully saturated rings. The predicted molar refractivity (Wildman–Crippen MR) is 103 cm³/mol. The van der Waals surface area contributed by atoms with Gasteiger partial charge in [-0.1, -0.05) is 24.3 Å². The van der Waals surface area contributed by atoms with E-state index in [0.717, 1.165) is 34.5 Å². The Morgan fingerprint density at radius 3 is 2.89 bits per heavy atom. The SMILES string of the molecule is Cc1c[nH]c2ncnc(N3CCC(N)(/C=C/c4cccc(C(F)(F)F)c4)C3)c12. The van der Waals surface area contributed by atoms with Crippen LogP contribution in [0.15, 0.2) is 42.9 Å². The van der Waals surface area contributed by atoms with Crippen molar-refractivity contribution < 1.29 is 13.2 Å². The summed E-state index contributed by atoms with van der Waals surface area (Å²) in [5.74, 6) is 0.823. The molecule has 1 aliphatic heterocycles. The molecule has 0 saturated carbocycles. The van der Waals surface area contributed by atoms with Crippen LogP contribution in [0.5, 0.6) is 0 Å². The maximum Gasteiger partial charge on any atom is 0.416 e. The van der Waals surface area contributed by atoms with Crippen LogP contribution in [0.2, 0.25) is 0 Å². The zero-order valence-electron chi connectivity index (χ0n) is 15.3.